The third-order valence-electron chi connectivity index (χ3n) is 4.00. The molecule has 12 heteroatoms. The molecule has 0 spiro atoms. The predicted octanol–water partition coefficient (Wildman–Crippen LogP) is -2.18. The third-order valence-corrected chi connectivity index (χ3v) is 7.74. The molecule has 0 radical (unpaired) electrons. The van der Waals surface area contributed by atoms with Crippen molar-refractivity contribution >= 4 is 26.0 Å². The van der Waals surface area contributed by atoms with Crippen molar-refractivity contribution in [1.82, 2.24) is 13.9 Å². The van der Waals surface area contributed by atoms with Gasteiger partial charge in [0.2, 0.25) is 26.0 Å². The summed E-state index contributed by atoms with van der Waals surface area (Å²) in [4.78, 5) is 11.8. The first-order valence-electron chi connectivity index (χ1n) is 8.19. The summed E-state index contributed by atoms with van der Waals surface area (Å²) < 4.78 is 61.3. The van der Waals surface area contributed by atoms with Crippen LogP contribution in [0.4, 0.5) is 0 Å². The minimum absolute atomic E-state index is 0.0455. The van der Waals surface area contributed by atoms with Crippen LogP contribution in [0.5, 0.6) is 0 Å². The average molecular weight is 399 g/mol. The number of nitrogens with one attached hydrogen (secondary N) is 1. The fourth-order valence-corrected chi connectivity index (χ4v) is 5.27. The Bertz CT molecular complexity index is 639. The zero-order valence-electron chi connectivity index (χ0n) is 14.1. The van der Waals surface area contributed by atoms with E-state index in [0.717, 1.165) is 0 Å². The summed E-state index contributed by atoms with van der Waals surface area (Å²) in [5, 5.41) is 2.47. The molecule has 0 aromatic rings. The Labute approximate surface area is 148 Å². The van der Waals surface area contributed by atoms with Crippen molar-refractivity contribution in [2.45, 2.75) is 6.42 Å². The largest absolute Gasteiger partial charge is 0.379 e. The van der Waals surface area contributed by atoms with Crippen molar-refractivity contribution in [1.29, 1.82) is 0 Å². The zero-order valence-corrected chi connectivity index (χ0v) is 15.7. The maximum Gasteiger partial charge on any atom is 0.221 e. The van der Waals surface area contributed by atoms with Crippen LogP contribution in [0.25, 0.3) is 0 Å². The van der Waals surface area contributed by atoms with Gasteiger partial charge in [-0.05, 0) is 0 Å². The standard InChI is InChI=1S/C13H25N3O7S2/c17-13(1-11-24(18,19)15-3-7-22-8-4-15)14-2-12-25(20,21)16-5-9-23-10-6-16/h1-12H2,(H,14,17). The number of carbonyl (C=O) groups is 1. The predicted molar refractivity (Wildman–Crippen MR) is 90.0 cm³/mol. The Balaban J connectivity index is 1.69. The van der Waals surface area contributed by atoms with E-state index in [-0.39, 0.29) is 24.5 Å². The van der Waals surface area contributed by atoms with Gasteiger partial charge in [-0.3, -0.25) is 4.79 Å². The molecule has 0 atom stereocenters. The highest BCUT2D eigenvalue weighted by atomic mass is 32.2. The van der Waals surface area contributed by atoms with E-state index in [1.807, 2.05) is 0 Å². The number of carbonyl (C=O) groups excluding carboxylic acids is 1. The molecule has 0 aliphatic carbocycles. The Hall–Kier alpha value is -0.790. The number of rotatable bonds is 8. The van der Waals surface area contributed by atoms with Crippen LogP contribution in [-0.2, 0) is 34.3 Å². The molecule has 25 heavy (non-hydrogen) atoms. The first-order valence-corrected chi connectivity index (χ1v) is 11.4. The van der Waals surface area contributed by atoms with Crippen molar-refractivity contribution in [3.05, 3.63) is 0 Å². The second kappa shape index (κ2) is 9.24. The van der Waals surface area contributed by atoms with E-state index in [2.05, 4.69) is 5.32 Å². The highest BCUT2D eigenvalue weighted by Crippen LogP contribution is 2.07. The quantitative estimate of drug-likeness (QED) is 0.492. The van der Waals surface area contributed by atoms with Gasteiger partial charge in [-0.1, -0.05) is 0 Å². The van der Waals surface area contributed by atoms with Gasteiger partial charge in [-0.2, -0.15) is 8.61 Å². The number of morpholine rings is 2. The minimum Gasteiger partial charge on any atom is -0.379 e. The minimum atomic E-state index is -3.50. The van der Waals surface area contributed by atoms with Crippen LogP contribution < -0.4 is 5.32 Å². The molecule has 2 aliphatic rings. The van der Waals surface area contributed by atoms with E-state index >= 15 is 0 Å². The van der Waals surface area contributed by atoms with Gasteiger partial charge in [-0.15, -0.1) is 0 Å². The lowest BCUT2D eigenvalue weighted by Gasteiger charge is -2.26. The third kappa shape index (κ3) is 6.46. The lowest BCUT2D eigenvalue weighted by Crippen LogP contribution is -2.44. The zero-order chi connectivity index (χ0) is 18.3. The Morgan fingerprint density at radius 2 is 1.24 bits per heavy atom. The van der Waals surface area contributed by atoms with E-state index in [9.17, 15) is 21.6 Å². The molecule has 0 bridgehead atoms. The Morgan fingerprint density at radius 1 is 0.800 bits per heavy atom. The molecule has 0 aromatic carbocycles. The molecular formula is C13H25N3O7S2. The molecular weight excluding hydrogens is 374 g/mol. The maximum atomic E-state index is 12.1. The van der Waals surface area contributed by atoms with E-state index in [1.165, 1.54) is 8.61 Å². The second-order valence-electron chi connectivity index (χ2n) is 5.75. The van der Waals surface area contributed by atoms with Gasteiger partial charge in [0.05, 0.1) is 37.9 Å². The van der Waals surface area contributed by atoms with Crippen molar-refractivity contribution < 1.29 is 31.1 Å². The molecule has 2 fully saturated rings. The molecule has 2 heterocycles. The van der Waals surface area contributed by atoms with Crippen LogP contribution in [0.2, 0.25) is 0 Å². The molecule has 2 aliphatic heterocycles. The monoisotopic (exact) mass is 399 g/mol. The molecule has 1 amide bonds. The van der Waals surface area contributed by atoms with Gasteiger partial charge in [0.1, 0.15) is 0 Å². The van der Waals surface area contributed by atoms with Gasteiger partial charge in [0.15, 0.2) is 0 Å². The van der Waals surface area contributed by atoms with E-state index < -0.39 is 26.0 Å². The van der Waals surface area contributed by atoms with E-state index in [4.69, 9.17) is 9.47 Å². The van der Waals surface area contributed by atoms with Gasteiger partial charge in [0.25, 0.3) is 0 Å². The first-order chi connectivity index (χ1) is 11.8. The van der Waals surface area contributed by atoms with Gasteiger partial charge >= 0.3 is 0 Å². The highest BCUT2D eigenvalue weighted by molar-refractivity contribution is 7.89. The van der Waals surface area contributed by atoms with Crippen molar-refractivity contribution in [3.63, 3.8) is 0 Å². The van der Waals surface area contributed by atoms with Crippen LogP contribution in [0.1, 0.15) is 6.42 Å². The van der Waals surface area contributed by atoms with Crippen LogP contribution in [0.3, 0.4) is 0 Å². The van der Waals surface area contributed by atoms with Crippen LogP contribution in [0, 0.1) is 0 Å². The molecule has 10 nitrogen and oxygen atoms in total. The normalized spacial score (nSPS) is 21.1. The van der Waals surface area contributed by atoms with Crippen molar-refractivity contribution in [2.24, 2.45) is 0 Å². The summed E-state index contributed by atoms with van der Waals surface area (Å²) in [6.07, 6.45) is -0.197. The maximum absolute atomic E-state index is 12.1. The van der Waals surface area contributed by atoms with E-state index in [0.29, 0.717) is 52.6 Å². The molecule has 0 unspecified atom stereocenters. The van der Waals surface area contributed by atoms with Crippen LogP contribution in [-0.4, -0.2) is 102 Å². The fraction of sp³-hybridized carbons (Fsp3) is 0.923. The molecule has 0 aromatic heterocycles. The summed E-state index contributed by atoms with van der Waals surface area (Å²) in [6.45, 7) is 2.60. The highest BCUT2D eigenvalue weighted by Gasteiger charge is 2.26. The molecule has 146 valence electrons. The summed E-state index contributed by atoms with van der Waals surface area (Å²) >= 11 is 0. The molecule has 1 N–H and O–H groups in total. The summed E-state index contributed by atoms with van der Waals surface area (Å²) in [5.74, 6) is -0.988. The van der Waals surface area contributed by atoms with Crippen molar-refractivity contribution in [2.75, 3.05) is 70.7 Å². The Kier molecular flexibility index (Phi) is 7.58. The number of hydrogen-bond donors (Lipinski definition) is 1. The Morgan fingerprint density at radius 3 is 1.72 bits per heavy atom. The number of nitrogens with zero attached hydrogens (tertiary/aromatic N) is 2. The fourth-order valence-electron chi connectivity index (χ4n) is 2.54. The molecule has 0 saturated carbocycles. The van der Waals surface area contributed by atoms with Crippen LogP contribution >= 0.6 is 0 Å². The number of ether oxygens (including phenoxy) is 2. The number of sulfonamides is 2. The second-order valence-corrected chi connectivity index (χ2v) is 9.93. The van der Waals surface area contributed by atoms with Gasteiger partial charge < -0.3 is 14.8 Å². The molecule has 2 saturated heterocycles. The molecule has 2 rings (SSSR count). The lowest BCUT2D eigenvalue weighted by atomic mass is 10.4. The van der Waals surface area contributed by atoms with E-state index in [1.54, 1.807) is 0 Å². The van der Waals surface area contributed by atoms with Crippen LogP contribution in [0.15, 0.2) is 0 Å². The topological polar surface area (TPSA) is 122 Å². The van der Waals surface area contributed by atoms with Gasteiger partial charge in [-0.25, -0.2) is 16.8 Å². The van der Waals surface area contributed by atoms with Gasteiger partial charge in [0, 0.05) is 39.1 Å². The lowest BCUT2D eigenvalue weighted by molar-refractivity contribution is -0.120. The summed E-state index contributed by atoms with van der Waals surface area (Å²) in [6, 6.07) is 0. The first kappa shape index (κ1) is 20.5. The number of hydrogen-bond acceptors (Lipinski definition) is 7. The average Bonchev–Trinajstić information content (AvgIpc) is 2.61. The summed E-state index contributed by atoms with van der Waals surface area (Å²) in [5.41, 5.74) is 0. The SMILES string of the molecule is O=C(CCS(=O)(=O)N1CCOCC1)NCCS(=O)(=O)N1CCOCC1. The smallest absolute Gasteiger partial charge is 0.221 e. The number of amides is 1. The van der Waals surface area contributed by atoms with Crippen molar-refractivity contribution in [3.8, 4) is 0 Å². The summed E-state index contributed by atoms with van der Waals surface area (Å²) in [7, 11) is -6.94.